The van der Waals surface area contributed by atoms with Crippen LogP contribution in [0.2, 0.25) is 0 Å². The molecule has 0 aliphatic carbocycles. The molecular weight excluding hydrogens is 434 g/mol. The van der Waals surface area contributed by atoms with Gasteiger partial charge in [-0.1, -0.05) is 18.2 Å². The Labute approximate surface area is 197 Å². The van der Waals surface area contributed by atoms with Crippen molar-refractivity contribution in [2.75, 3.05) is 25.1 Å². The lowest BCUT2D eigenvalue weighted by Crippen LogP contribution is -2.37. The molecule has 0 unspecified atom stereocenters. The molecule has 0 radical (unpaired) electrons. The Bertz CT molecular complexity index is 1180. The average Bonchev–Trinajstić information content (AvgIpc) is 3.36. The number of nitrogens with one attached hydrogen (secondary N) is 1. The third-order valence-corrected chi connectivity index (χ3v) is 6.23. The molecule has 1 atom stereocenters. The van der Waals surface area contributed by atoms with Gasteiger partial charge in [0.05, 0.1) is 18.3 Å². The van der Waals surface area contributed by atoms with Gasteiger partial charge < -0.3 is 29.9 Å². The van der Waals surface area contributed by atoms with E-state index in [9.17, 15) is 15.0 Å². The van der Waals surface area contributed by atoms with Crippen molar-refractivity contribution in [3.8, 4) is 17.2 Å². The number of hydrogen-bond donors (Lipinski definition) is 3. The number of anilines is 1. The molecule has 1 aromatic heterocycles. The number of pyridine rings is 1. The van der Waals surface area contributed by atoms with Gasteiger partial charge in [-0.25, -0.2) is 0 Å². The topological polar surface area (TPSA) is 104 Å². The van der Waals surface area contributed by atoms with Crippen molar-refractivity contribution in [1.82, 2.24) is 9.88 Å². The van der Waals surface area contributed by atoms with E-state index in [0.29, 0.717) is 31.8 Å². The summed E-state index contributed by atoms with van der Waals surface area (Å²) in [5.74, 6) is -0.729. The quantitative estimate of drug-likeness (QED) is 0.516. The zero-order valence-corrected chi connectivity index (χ0v) is 18.7. The minimum Gasteiger partial charge on any atom is -0.508 e. The predicted octanol–water partition coefficient (Wildman–Crippen LogP) is 3.47. The molecule has 1 fully saturated rings. The monoisotopic (exact) mass is 461 g/mol. The van der Waals surface area contributed by atoms with Gasteiger partial charge in [-0.2, -0.15) is 0 Å². The molecule has 2 aliphatic rings. The van der Waals surface area contributed by atoms with Crippen LogP contribution in [0.4, 0.5) is 5.69 Å². The second kappa shape index (κ2) is 9.61. The number of carbonyl (C=O) groups is 1. The molecule has 8 heteroatoms. The minimum absolute atomic E-state index is 0.0341. The molecule has 0 bridgehead atoms. The lowest BCUT2D eigenvalue weighted by Gasteiger charge is -2.31. The van der Waals surface area contributed by atoms with Crippen molar-refractivity contribution < 1.29 is 24.5 Å². The second-order valence-corrected chi connectivity index (χ2v) is 8.57. The normalized spacial score (nSPS) is 17.3. The first-order chi connectivity index (χ1) is 16.6. The number of phenols is 2. The fraction of sp³-hybridized carbons (Fsp3) is 0.308. The van der Waals surface area contributed by atoms with Crippen LogP contribution in [0.15, 0.2) is 54.7 Å². The summed E-state index contributed by atoms with van der Waals surface area (Å²) in [6.45, 7) is 2.44. The predicted molar refractivity (Wildman–Crippen MR) is 126 cm³/mol. The first kappa shape index (κ1) is 22.0. The van der Waals surface area contributed by atoms with Gasteiger partial charge in [-0.15, -0.1) is 0 Å². The van der Waals surface area contributed by atoms with E-state index < -0.39 is 0 Å². The van der Waals surface area contributed by atoms with Crippen LogP contribution in [-0.4, -0.2) is 51.8 Å². The maximum absolute atomic E-state index is 13.6. The van der Waals surface area contributed by atoms with Gasteiger partial charge in [0.15, 0.2) is 0 Å². The highest BCUT2D eigenvalue weighted by molar-refractivity contribution is 6.00. The molecule has 2 aliphatic heterocycles. The summed E-state index contributed by atoms with van der Waals surface area (Å²) in [5.41, 5.74) is 3.99. The number of ether oxygens (including phenoxy) is 2. The molecule has 1 saturated heterocycles. The van der Waals surface area contributed by atoms with Crippen LogP contribution in [0.1, 0.15) is 33.6 Å². The van der Waals surface area contributed by atoms with Crippen LogP contribution in [0, 0.1) is 0 Å². The van der Waals surface area contributed by atoms with E-state index in [2.05, 4.69) is 16.4 Å². The molecule has 3 N–H and O–H groups in total. The number of benzene rings is 2. The van der Waals surface area contributed by atoms with Crippen molar-refractivity contribution in [2.45, 2.75) is 32.0 Å². The highest BCUT2D eigenvalue weighted by Crippen LogP contribution is 2.36. The number of aromatic hydroxyl groups is 2. The van der Waals surface area contributed by atoms with Crippen LogP contribution in [0.3, 0.4) is 0 Å². The first-order valence-electron chi connectivity index (χ1n) is 11.4. The van der Waals surface area contributed by atoms with E-state index >= 15 is 0 Å². The Morgan fingerprint density at radius 2 is 2.12 bits per heavy atom. The van der Waals surface area contributed by atoms with E-state index in [1.54, 1.807) is 23.2 Å². The van der Waals surface area contributed by atoms with Crippen LogP contribution in [0.5, 0.6) is 17.2 Å². The largest absolute Gasteiger partial charge is 0.508 e. The number of amides is 1. The molecular formula is C26H27N3O5. The van der Waals surface area contributed by atoms with Gasteiger partial charge in [0.25, 0.3) is 5.91 Å². The van der Waals surface area contributed by atoms with Crippen molar-refractivity contribution in [3.05, 3.63) is 77.1 Å². The Balaban J connectivity index is 1.39. The smallest absolute Gasteiger partial charge is 0.261 e. The molecule has 1 amide bonds. The van der Waals surface area contributed by atoms with Crippen LogP contribution >= 0.6 is 0 Å². The molecule has 3 aromatic rings. The van der Waals surface area contributed by atoms with E-state index in [0.717, 1.165) is 30.3 Å². The number of nitrogens with zero attached hydrogens (tertiary/aromatic N) is 2. The molecule has 5 rings (SSSR count). The van der Waals surface area contributed by atoms with E-state index in [1.807, 2.05) is 18.2 Å². The van der Waals surface area contributed by atoms with Crippen molar-refractivity contribution >= 4 is 11.6 Å². The summed E-state index contributed by atoms with van der Waals surface area (Å²) in [4.78, 5) is 19.5. The summed E-state index contributed by atoms with van der Waals surface area (Å²) in [5, 5.41) is 24.2. The van der Waals surface area contributed by atoms with Gasteiger partial charge >= 0.3 is 0 Å². The number of fused-ring (bicyclic) bond motifs is 1. The van der Waals surface area contributed by atoms with Gasteiger partial charge in [0.2, 0.25) is 0 Å². The lowest BCUT2D eigenvalue weighted by atomic mass is 9.96. The van der Waals surface area contributed by atoms with E-state index in [-0.39, 0.29) is 41.4 Å². The highest BCUT2D eigenvalue weighted by Gasteiger charge is 2.29. The summed E-state index contributed by atoms with van der Waals surface area (Å²) in [6.07, 6.45) is 3.31. The SMILES string of the molecule is O=C(c1c(O)cc(O)cc1OCc1ccccn1)N1CCc2cccc(N[C@@H]3CCOC3)c2C1. The zero-order chi connectivity index (χ0) is 23.5. The minimum atomic E-state index is -0.349. The molecule has 34 heavy (non-hydrogen) atoms. The maximum Gasteiger partial charge on any atom is 0.261 e. The Hall–Kier alpha value is -3.78. The average molecular weight is 462 g/mol. The van der Waals surface area contributed by atoms with Crippen LogP contribution in [-0.2, 0) is 24.3 Å². The van der Waals surface area contributed by atoms with Crippen LogP contribution < -0.4 is 10.1 Å². The highest BCUT2D eigenvalue weighted by atomic mass is 16.5. The molecule has 8 nitrogen and oxygen atoms in total. The maximum atomic E-state index is 13.6. The molecule has 0 saturated carbocycles. The standard InChI is InChI=1S/C26H27N3O5/c30-20-12-23(31)25(24(13-20)34-16-18-5-1-2-9-27-18)26(32)29-10-7-17-4-3-6-22(21(17)14-29)28-19-8-11-33-15-19/h1-6,9,12-13,19,28,30-31H,7-8,10-11,14-16H2/t19-/m1/s1. The number of aromatic nitrogens is 1. The first-order valence-corrected chi connectivity index (χ1v) is 11.4. The Kier molecular flexibility index (Phi) is 6.22. The number of hydrogen-bond acceptors (Lipinski definition) is 7. The number of carbonyl (C=O) groups excluding carboxylic acids is 1. The summed E-state index contributed by atoms with van der Waals surface area (Å²) < 4.78 is 11.3. The molecule has 2 aromatic carbocycles. The van der Waals surface area contributed by atoms with Crippen LogP contribution in [0.25, 0.3) is 0 Å². The number of phenolic OH excluding ortho intramolecular Hbond substituents is 2. The second-order valence-electron chi connectivity index (χ2n) is 8.57. The van der Waals surface area contributed by atoms with Crippen molar-refractivity contribution in [3.63, 3.8) is 0 Å². The fourth-order valence-electron chi connectivity index (χ4n) is 4.47. The lowest BCUT2D eigenvalue weighted by molar-refractivity contribution is 0.0726. The van der Waals surface area contributed by atoms with Crippen molar-refractivity contribution in [2.24, 2.45) is 0 Å². The molecule has 176 valence electrons. The summed E-state index contributed by atoms with van der Waals surface area (Å²) >= 11 is 0. The third-order valence-electron chi connectivity index (χ3n) is 6.23. The van der Waals surface area contributed by atoms with Crippen molar-refractivity contribution in [1.29, 1.82) is 0 Å². The fourth-order valence-corrected chi connectivity index (χ4v) is 4.47. The molecule has 0 spiro atoms. The van der Waals surface area contributed by atoms with Gasteiger partial charge in [0.1, 0.15) is 29.4 Å². The van der Waals surface area contributed by atoms with Gasteiger partial charge in [-0.05, 0) is 42.2 Å². The van der Waals surface area contributed by atoms with E-state index in [4.69, 9.17) is 9.47 Å². The Morgan fingerprint density at radius 1 is 1.21 bits per heavy atom. The van der Waals surface area contributed by atoms with Gasteiger partial charge in [-0.3, -0.25) is 9.78 Å². The summed E-state index contributed by atoms with van der Waals surface area (Å²) in [6, 6.07) is 14.4. The molecule has 3 heterocycles. The Morgan fingerprint density at radius 3 is 2.91 bits per heavy atom. The summed E-state index contributed by atoms with van der Waals surface area (Å²) in [7, 11) is 0. The van der Waals surface area contributed by atoms with Gasteiger partial charge in [0, 0.05) is 43.7 Å². The van der Waals surface area contributed by atoms with E-state index in [1.165, 1.54) is 11.6 Å². The third kappa shape index (κ3) is 4.63. The zero-order valence-electron chi connectivity index (χ0n) is 18.7. The number of rotatable bonds is 6.